The zero-order valence-electron chi connectivity index (χ0n) is 24.6. The molecular formula is C34H31N5O4S. The van der Waals surface area contributed by atoms with Gasteiger partial charge in [-0.15, -0.1) is 0 Å². The topological polar surface area (TPSA) is 101 Å². The normalized spacial score (nSPS) is 11.9. The molecule has 3 heterocycles. The van der Waals surface area contributed by atoms with Crippen LogP contribution in [0.1, 0.15) is 32.8 Å². The highest BCUT2D eigenvalue weighted by Gasteiger charge is 2.16. The van der Waals surface area contributed by atoms with Crippen LogP contribution >= 0.6 is 11.3 Å². The molecule has 0 radical (unpaired) electrons. The van der Waals surface area contributed by atoms with Crippen LogP contribution in [0.3, 0.4) is 0 Å². The van der Waals surface area contributed by atoms with Gasteiger partial charge in [0.2, 0.25) is 4.96 Å². The van der Waals surface area contributed by atoms with E-state index in [1.54, 1.807) is 35.0 Å². The molecule has 44 heavy (non-hydrogen) atoms. The molecule has 6 rings (SSSR count). The third-order valence-electron chi connectivity index (χ3n) is 6.75. The highest BCUT2D eigenvalue weighted by atomic mass is 32.1. The Morgan fingerprint density at radius 1 is 0.841 bits per heavy atom. The van der Waals surface area contributed by atoms with Gasteiger partial charge in [-0.2, -0.15) is 19.7 Å². The van der Waals surface area contributed by atoms with Gasteiger partial charge in [0.05, 0.1) is 23.4 Å². The van der Waals surface area contributed by atoms with Crippen molar-refractivity contribution in [3.8, 4) is 39.7 Å². The third kappa shape index (κ3) is 6.16. The van der Waals surface area contributed by atoms with Gasteiger partial charge in [0, 0.05) is 22.9 Å². The van der Waals surface area contributed by atoms with Gasteiger partial charge in [-0.05, 0) is 79.1 Å². The van der Waals surface area contributed by atoms with Crippen molar-refractivity contribution in [2.45, 2.75) is 27.2 Å². The predicted molar refractivity (Wildman–Crippen MR) is 173 cm³/mol. The van der Waals surface area contributed by atoms with E-state index in [1.807, 2.05) is 67.7 Å². The summed E-state index contributed by atoms with van der Waals surface area (Å²) >= 11 is 1.11. The van der Waals surface area contributed by atoms with Gasteiger partial charge in [0.25, 0.3) is 5.56 Å². The Bertz CT molecular complexity index is 2070. The van der Waals surface area contributed by atoms with Gasteiger partial charge < -0.3 is 9.47 Å². The van der Waals surface area contributed by atoms with E-state index in [-0.39, 0.29) is 16.2 Å². The molecule has 9 nitrogen and oxygen atoms in total. The van der Waals surface area contributed by atoms with Crippen molar-refractivity contribution in [3.05, 3.63) is 116 Å². The first-order valence-corrected chi connectivity index (χ1v) is 15.3. The van der Waals surface area contributed by atoms with Gasteiger partial charge in [0.15, 0.2) is 5.69 Å². The van der Waals surface area contributed by atoms with E-state index in [4.69, 9.17) is 14.6 Å². The molecule has 0 saturated carbocycles. The standard InChI is InChI=1S/C34H31N5O4S/c1-4-18-42-27-14-12-24(13-15-27)31-32(40)35-34-39(37-31)33(41)29(44-34)19-25-20-38(26-8-6-5-7-9-26)36-30(25)23-10-16-28(17-11-23)43-21-22(2)3/h5-17,19-20,22H,4,18,21H2,1-3H3. The van der Waals surface area contributed by atoms with Crippen molar-refractivity contribution in [1.82, 2.24) is 24.4 Å². The van der Waals surface area contributed by atoms with Crippen molar-refractivity contribution in [2.75, 3.05) is 13.2 Å². The third-order valence-corrected chi connectivity index (χ3v) is 7.71. The fourth-order valence-electron chi connectivity index (χ4n) is 4.56. The van der Waals surface area contributed by atoms with Crippen LogP contribution in [0.25, 0.3) is 39.2 Å². The summed E-state index contributed by atoms with van der Waals surface area (Å²) in [5.41, 5.74) is 2.98. The van der Waals surface area contributed by atoms with E-state index in [0.717, 1.165) is 40.3 Å². The molecule has 0 N–H and O–H groups in total. The second kappa shape index (κ2) is 12.6. The smallest absolute Gasteiger partial charge is 0.300 e. The zero-order valence-corrected chi connectivity index (χ0v) is 25.5. The molecule has 3 aromatic heterocycles. The number of nitrogens with zero attached hydrogens (tertiary/aromatic N) is 5. The Morgan fingerprint density at radius 2 is 1.50 bits per heavy atom. The molecule has 0 unspecified atom stereocenters. The SMILES string of the molecule is CCCOc1ccc(-c2nn3c(=O)c(=Cc4cn(-c5ccccc5)nc4-c4ccc(OCC(C)C)cc4)sc3nc2=O)cc1. The largest absolute Gasteiger partial charge is 0.494 e. The maximum absolute atomic E-state index is 13.6. The lowest BCUT2D eigenvalue weighted by Crippen LogP contribution is -2.26. The summed E-state index contributed by atoms with van der Waals surface area (Å²) in [5, 5.41) is 9.29. The first-order valence-electron chi connectivity index (χ1n) is 14.5. The first kappa shape index (κ1) is 29.0. The molecule has 3 aromatic carbocycles. The number of benzene rings is 3. The molecule has 0 aliphatic rings. The Hall–Kier alpha value is -5.09. The molecule has 0 amide bonds. The van der Waals surface area contributed by atoms with Crippen molar-refractivity contribution in [1.29, 1.82) is 0 Å². The molecule has 10 heteroatoms. The molecule has 0 spiro atoms. The Labute approximate surface area is 257 Å². The minimum absolute atomic E-state index is 0.100. The minimum atomic E-state index is -0.502. The van der Waals surface area contributed by atoms with Gasteiger partial charge in [-0.25, -0.2) is 4.68 Å². The first-order chi connectivity index (χ1) is 21.4. The second-order valence-electron chi connectivity index (χ2n) is 10.7. The predicted octanol–water partition coefficient (Wildman–Crippen LogP) is 5.40. The number of fused-ring (bicyclic) bond motifs is 1. The van der Waals surface area contributed by atoms with Crippen molar-refractivity contribution < 1.29 is 9.47 Å². The lowest BCUT2D eigenvalue weighted by molar-refractivity contribution is 0.271. The van der Waals surface area contributed by atoms with Crippen LogP contribution in [0.5, 0.6) is 11.5 Å². The van der Waals surface area contributed by atoms with Gasteiger partial charge in [-0.3, -0.25) is 9.59 Å². The van der Waals surface area contributed by atoms with E-state index in [2.05, 4.69) is 23.9 Å². The van der Waals surface area contributed by atoms with E-state index in [9.17, 15) is 9.59 Å². The molecule has 6 aromatic rings. The molecule has 0 aliphatic heterocycles. The summed E-state index contributed by atoms with van der Waals surface area (Å²) in [7, 11) is 0. The maximum Gasteiger partial charge on any atom is 0.300 e. The summed E-state index contributed by atoms with van der Waals surface area (Å²) in [6.45, 7) is 7.47. The highest BCUT2D eigenvalue weighted by Crippen LogP contribution is 2.27. The molecule has 0 atom stereocenters. The van der Waals surface area contributed by atoms with E-state index >= 15 is 0 Å². The number of hydrogen-bond acceptors (Lipinski definition) is 8. The van der Waals surface area contributed by atoms with Crippen LogP contribution in [0.15, 0.2) is 94.6 Å². The molecule has 0 fully saturated rings. The monoisotopic (exact) mass is 605 g/mol. The zero-order chi connectivity index (χ0) is 30.6. The number of thiazole rings is 1. The van der Waals surface area contributed by atoms with Crippen LogP contribution in [-0.4, -0.2) is 37.6 Å². The number of ether oxygens (including phenoxy) is 2. The number of para-hydroxylation sites is 1. The van der Waals surface area contributed by atoms with Gasteiger partial charge >= 0.3 is 5.56 Å². The van der Waals surface area contributed by atoms with E-state index in [1.165, 1.54) is 4.52 Å². The maximum atomic E-state index is 13.6. The fraction of sp³-hybridized carbons (Fsp3) is 0.206. The molecule has 0 aliphatic carbocycles. The van der Waals surface area contributed by atoms with Crippen molar-refractivity contribution in [2.24, 2.45) is 5.92 Å². The molecule has 0 bridgehead atoms. The highest BCUT2D eigenvalue weighted by molar-refractivity contribution is 7.15. The quantitative estimate of drug-likeness (QED) is 0.206. The lowest BCUT2D eigenvalue weighted by atomic mass is 10.1. The Morgan fingerprint density at radius 3 is 2.16 bits per heavy atom. The van der Waals surface area contributed by atoms with Crippen molar-refractivity contribution in [3.63, 3.8) is 0 Å². The number of hydrogen-bond donors (Lipinski definition) is 0. The average molecular weight is 606 g/mol. The summed E-state index contributed by atoms with van der Waals surface area (Å²) in [6, 6.07) is 24.6. The summed E-state index contributed by atoms with van der Waals surface area (Å²) in [6.07, 6.45) is 4.55. The molecular weight excluding hydrogens is 574 g/mol. The van der Waals surface area contributed by atoms with Crippen LogP contribution in [-0.2, 0) is 0 Å². The summed E-state index contributed by atoms with van der Waals surface area (Å²) < 4.78 is 14.9. The van der Waals surface area contributed by atoms with Gasteiger partial charge in [-0.1, -0.05) is 50.3 Å². The second-order valence-corrected chi connectivity index (χ2v) is 11.7. The van der Waals surface area contributed by atoms with E-state index < -0.39 is 5.56 Å². The minimum Gasteiger partial charge on any atom is -0.494 e. The Kier molecular flexibility index (Phi) is 8.33. The molecule has 0 saturated heterocycles. The van der Waals surface area contributed by atoms with Crippen LogP contribution < -0.4 is 25.1 Å². The van der Waals surface area contributed by atoms with Crippen LogP contribution in [0.2, 0.25) is 0 Å². The Balaban J connectivity index is 1.41. The molecule has 222 valence electrons. The fourth-order valence-corrected chi connectivity index (χ4v) is 5.46. The van der Waals surface area contributed by atoms with E-state index in [0.29, 0.717) is 40.7 Å². The van der Waals surface area contributed by atoms with Gasteiger partial charge in [0.1, 0.15) is 17.2 Å². The van der Waals surface area contributed by atoms with Crippen LogP contribution in [0.4, 0.5) is 0 Å². The average Bonchev–Trinajstić information content (AvgIpc) is 3.60. The number of rotatable bonds is 10. The summed E-state index contributed by atoms with van der Waals surface area (Å²) in [4.78, 5) is 30.9. The number of aromatic nitrogens is 5. The lowest BCUT2D eigenvalue weighted by Gasteiger charge is -2.09. The summed E-state index contributed by atoms with van der Waals surface area (Å²) in [5.74, 6) is 1.90. The van der Waals surface area contributed by atoms with Crippen molar-refractivity contribution >= 4 is 22.4 Å². The van der Waals surface area contributed by atoms with Crippen LogP contribution in [0, 0.1) is 5.92 Å².